The third-order valence-corrected chi connectivity index (χ3v) is 3.26. The molecule has 22 heavy (non-hydrogen) atoms. The minimum atomic E-state index is -0.750. The highest BCUT2D eigenvalue weighted by Crippen LogP contribution is 2.11. The molecule has 0 saturated carbocycles. The molecular weight excluding hydrogens is 356 g/mol. The fourth-order valence-electron chi connectivity index (χ4n) is 1.62. The van der Waals surface area contributed by atoms with Crippen LogP contribution in [0.5, 0.6) is 0 Å². The monoisotopic (exact) mass is 366 g/mol. The van der Waals surface area contributed by atoms with E-state index in [1.54, 1.807) is 24.3 Å². The van der Waals surface area contributed by atoms with Crippen LogP contribution >= 0.6 is 15.9 Å². The summed E-state index contributed by atoms with van der Waals surface area (Å²) in [5.41, 5.74) is -0.860. The lowest BCUT2D eigenvalue weighted by atomic mass is 10.1. The first-order valence-electron chi connectivity index (χ1n) is 6.20. The van der Waals surface area contributed by atoms with Crippen molar-refractivity contribution >= 4 is 27.7 Å². The van der Waals surface area contributed by atoms with Crippen molar-refractivity contribution in [2.75, 3.05) is 6.61 Å². The minimum absolute atomic E-state index is 0.352. The van der Waals surface area contributed by atoms with Crippen LogP contribution in [-0.4, -0.2) is 27.9 Å². The first-order chi connectivity index (χ1) is 10.5. The van der Waals surface area contributed by atoms with E-state index in [0.717, 1.165) is 15.1 Å². The minimum Gasteiger partial charge on any atom is -0.456 e. The SMILES string of the molecule is O=C(Cn1ccc(=O)[nH]c1=O)OCC(=O)c1ccc(Br)cc1. The first-order valence-corrected chi connectivity index (χ1v) is 6.99. The molecule has 0 aliphatic rings. The molecule has 0 amide bonds. The summed E-state index contributed by atoms with van der Waals surface area (Å²) in [5.74, 6) is -1.10. The van der Waals surface area contributed by atoms with Crippen molar-refractivity contribution in [3.05, 3.63) is 67.4 Å². The molecule has 114 valence electrons. The molecule has 0 atom stereocenters. The number of Topliss-reactive ketones (excluding diaryl/α,β-unsaturated/α-hetero) is 1. The highest BCUT2D eigenvalue weighted by atomic mass is 79.9. The van der Waals surface area contributed by atoms with Gasteiger partial charge in [-0.1, -0.05) is 28.1 Å². The van der Waals surface area contributed by atoms with Gasteiger partial charge in [0.25, 0.3) is 5.56 Å². The van der Waals surface area contributed by atoms with Crippen LogP contribution in [0.4, 0.5) is 0 Å². The topological polar surface area (TPSA) is 98.2 Å². The molecule has 0 spiro atoms. The number of carbonyl (C=O) groups excluding carboxylic acids is 2. The summed E-state index contributed by atoms with van der Waals surface area (Å²) in [7, 11) is 0. The van der Waals surface area contributed by atoms with Crippen molar-refractivity contribution in [3.63, 3.8) is 0 Å². The molecule has 0 saturated heterocycles. The van der Waals surface area contributed by atoms with E-state index in [-0.39, 0.29) is 12.3 Å². The summed E-state index contributed by atoms with van der Waals surface area (Å²) in [6.07, 6.45) is 1.18. The second-order valence-electron chi connectivity index (χ2n) is 4.33. The third kappa shape index (κ3) is 4.26. The lowest BCUT2D eigenvalue weighted by Crippen LogP contribution is -2.31. The summed E-state index contributed by atoms with van der Waals surface area (Å²) in [6.45, 7) is -0.804. The Hall–Kier alpha value is -2.48. The Morgan fingerprint density at radius 1 is 1.14 bits per heavy atom. The predicted octanol–water partition coefficient (Wildman–Crippen LogP) is 0.725. The summed E-state index contributed by atoms with van der Waals surface area (Å²) in [6, 6.07) is 7.73. The predicted molar refractivity (Wildman–Crippen MR) is 80.8 cm³/mol. The summed E-state index contributed by atoms with van der Waals surface area (Å²) >= 11 is 3.25. The number of nitrogens with one attached hydrogen (secondary N) is 1. The van der Waals surface area contributed by atoms with Gasteiger partial charge in [0.15, 0.2) is 12.4 Å². The highest BCUT2D eigenvalue weighted by Gasteiger charge is 2.11. The molecule has 1 N–H and O–H groups in total. The van der Waals surface area contributed by atoms with E-state index >= 15 is 0 Å². The first kappa shape index (κ1) is 15.9. The normalized spacial score (nSPS) is 10.2. The molecule has 0 radical (unpaired) electrons. The van der Waals surface area contributed by atoms with Gasteiger partial charge in [-0.25, -0.2) is 4.79 Å². The zero-order valence-corrected chi connectivity index (χ0v) is 12.8. The fourth-order valence-corrected chi connectivity index (χ4v) is 1.88. The number of aromatic nitrogens is 2. The standard InChI is InChI=1S/C14H11BrN2O5/c15-10-3-1-9(2-4-10)11(18)8-22-13(20)7-17-6-5-12(19)16-14(17)21/h1-6H,7-8H2,(H,16,19,21). The molecule has 2 aromatic rings. The molecule has 1 aromatic carbocycles. The van der Waals surface area contributed by atoms with Crippen LogP contribution in [-0.2, 0) is 16.1 Å². The lowest BCUT2D eigenvalue weighted by Gasteiger charge is -2.06. The Kier molecular flexibility index (Phi) is 5.05. The summed E-state index contributed by atoms with van der Waals surface area (Å²) in [4.78, 5) is 47.7. The smallest absolute Gasteiger partial charge is 0.328 e. The molecule has 2 rings (SSSR count). The number of H-pyrrole nitrogens is 1. The second kappa shape index (κ2) is 6.99. The number of rotatable bonds is 5. The Bertz CT molecular complexity index is 807. The number of ketones is 1. The van der Waals surface area contributed by atoms with E-state index in [1.807, 2.05) is 4.98 Å². The van der Waals surface area contributed by atoms with Gasteiger partial charge in [-0.15, -0.1) is 0 Å². The van der Waals surface area contributed by atoms with Crippen molar-refractivity contribution in [2.45, 2.75) is 6.54 Å². The van der Waals surface area contributed by atoms with Crippen LogP contribution in [0, 0.1) is 0 Å². The lowest BCUT2D eigenvalue weighted by molar-refractivity contribution is -0.143. The molecule has 1 heterocycles. The molecule has 0 bridgehead atoms. The van der Waals surface area contributed by atoms with Gasteiger partial charge in [0, 0.05) is 22.3 Å². The molecular formula is C14H11BrN2O5. The van der Waals surface area contributed by atoms with Gasteiger partial charge in [-0.3, -0.25) is 23.9 Å². The Morgan fingerprint density at radius 2 is 1.82 bits per heavy atom. The van der Waals surface area contributed by atoms with E-state index in [0.29, 0.717) is 5.56 Å². The fraction of sp³-hybridized carbons (Fsp3) is 0.143. The van der Waals surface area contributed by atoms with Crippen molar-refractivity contribution in [1.82, 2.24) is 9.55 Å². The maximum Gasteiger partial charge on any atom is 0.328 e. The van der Waals surface area contributed by atoms with Crippen molar-refractivity contribution in [3.8, 4) is 0 Å². The van der Waals surface area contributed by atoms with Crippen LogP contribution < -0.4 is 11.2 Å². The second-order valence-corrected chi connectivity index (χ2v) is 5.24. The van der Waals surface area contributed by atoms with Crippen LogP contribution in [0.25, 0.3) is 0 Å². The van der Waals surface area contributed by atoms with E-state index in [2.05, 4.69) is 15.9 Å². The number of esters is 1. The van der Waals surface area contributed by atoms with Gasteiger partial charge in [0.05, 0.1) is 0 Å². The Balaban J connectivity index is 1.92. The van der Waals surface area contributed by atoms with Crippen LogP contribution in [0.2, 0.25) is 0 Å². The molecule has 8 heteroatoms. The van der Waals surface area contributed by atoms with E-state index in [4.69, 9.17) is 4.74 Å². The van der Waals surface area contributed by atoms with E-state index in [1.165, 1.54) is 6.20 Å². The van der Waals surface area contributed by atoms with Gasteiger partial charge in [0.1, 0.15) is 6.54 Å². The Morgan fingerprint density at radius 3 is 2.45 bits per heavy atom. The number of halogens is 1. The molecule has 7 nitrogen and oxygen atoms in total. The summed E-state index contributed by atoms with van der Waals surface area (Å²) < 4.78 is 6.64. The van der Waals surface area contributed by atoms with Crippen molar-refractivity contribution < 1.29 is 14.3 Å². The van der Waals surface area contributed by atoms with Crippen LogP contribution in [0.3, 0.4) is 0 Å². The number of nitrogens with zero attached hydrogens (tertiary/aromatic N) is 1. The average molecular weight is 367 g/mol. The quantitative estimate of drug-likeness (QED) is 0.621. The maximum absolute atomic E-state index is 11.8. The average Bonchev–Trinajstić information content (AvgIpc) is 2.48. The van der Waals surface area contributed by atoms with Gasteiger partial charge in [0.2, 0.25) is 0 Å². The molecule has 0 aliphatic heterocycles. The van der Waals surface area contributed by atoms with Gasteiger partial charge >= 0.3 is 11.7 Å². The van der Waals surface area contributed by atoms with Crippen LogP contribution in [0.15, 0.2) is 50.6 Å². The van der Waals surface area contributed by atoms with E-state index < -0.39 is 23.8 Å². The van der Waals surface area contributed by atoms with Crippen molar-refractivity contribution in [1.29, 1.82) is 0 Å². The summed E-state index contributed by atoms with van der Waals surface area (Å²) in [5, 5.41) is 0. The number of hydrogen-bond donors (Lipinski definition) is 1. The number of carbonyl (C=O) groups is 2. The van der Waals surface area contributed by atoms with Crippen molar-refractivity contribution in [2.24, 2.45) is 0 Å². The molecule has 1 aromatic heterocycles. The highest BCUT2D eigenvalue weighted by molar-refractivity contribution is 9.10. The maximum atomic E-state index is 11.8. The Labute approximate surface area is 132 Å². The number of aromatic amines is 1. The number of ether oxygens (including phenoxy) is 1. The number of hydrogen-bond acceptors (Lipinski definition) is 5. The van der Waals surface area contributed by atoms with Gasteiger partial charge in [-0.05, 0) is 12.1 Å². The molecule has 0 fully saturated rings. The molecule has 0 unspecified atom stereocenters. The van der Waals surface area contributed by atoms with Crippen LogP contribution in [0.1, 0.15) is 10.4 Å². The van der Waals surface area contributed by atoms with Gasteiger partial charge in [-0.2, -0.15) is 0 Å². The third-order valence-electron chi connectivity index (χ3n) is 2.73. The zero-order chi connectivity index (χ0) is 16.1. The largest absolute Gasteiger partial charge is 0.456 e. The number of benzene rings is 1. The van der Waals surface area contributed by atoms with E-state index in [9.17, 15) is 19.2 Å². The molecule has 0 aliphatic carbocycles. The zero-order valence-electron chi connectivity index (χ0n) is 11.2. The van der Waals surface area contributed by atoms with Gasteiger partial charge < -0.3 is 4.74 Å².